The zero-order valence-corrected chi connectivity index (χ0v) is 12.1. The van der Waals surface area contributed by atoms with E-state index < -0.39 is 5.82 Å². The van der Waals surface area contributed by atoms with Crippen molar-refractivity contribution in [2.24, 2.45) is 11.7 Å². The number of rotatable bonds is 6. The number of hydrogen-bond acceptors (Lipinski definition) is 4. The first kappa shape index (κ1) is 15.7. The lowest BCUT2D eigenvalue weighted by Crippen LogP contribution is -2.23. The number of ether oxygens (including phenoxy) is 2. The quantitative estimate of drug-likeness (QED) is 0.787. The lowest BCUT2D eigenvalue weighted by atomic mass is 10.1. The topological polar surface area (TPSA) is 73.6 Å². The summed E-state index contributed by atoms with van der Waals surface area (Å²) in [5, 5.41) is 2.74. The van der Waals surface area contributed by atoms with Crippen molar-refractivity contribution in [1.82, 2.24) is 0 Å². The van der Waals surface area contributed by atoms with Gasteiger partial charge in [0.2, 0.25) is 5.91 Å². The van der Waals surface area contributed by atoms with Gasteiger partial charge >= 0.3 is 0 Å². The van der Waals surface area contributed by atoms with Gasteiger partial charge in [0, 0.05) is 25.1 Å². The van der Waals surface area contributed by atoms with Crippen LogP contribution in [0, 0.1) is 11.7 Å². The van der Waals surface area contributed by atoms with Crippen LogP contribution in [0.5, 0.6) is 5.75 Å². The van der Waals surface area contributed by atoms with Crippen LogP contribution in [0.1, 0.15) is 19.3 Å². The molecule has 2 atom stereocenters. The maximum absolute atomic E-state index is 13.4. The van der Waals surface area contributed by atoms with Gasteiger partial charge in [0.25, 0.3) is 0 Å². The van der Waals surface area contributed by atoms with E-state index in [1.165, 1.54) is 18.2 Å². The van der Waals surface area contributed by atoms with Gasteiger partial charge in [-0.2, -0.15) is 0 Å². The van der Waals surface area contributed by atoms with Gasteiger partial charge in [-0.25, -0.2) is 4.39 Å². The van der Waals surface area contributed by atoms with Gasteiger partial charge in [0.1, 0.15) is 18.2 Å². The third-order valence-electron chi connectivity index (χ3n) is 3.59. The molecule has 1 aliphatic carbocycles. The fourth-order valence-electron chi connectivity index (χ4n) is 2.45. The average molecular weight is 296 g/mol. The number of amides is 1. The molecule has 3 N–H and O–H groups in total. The molecular formula is C15H21FN2O3. The molecule has 0 aromatic heterocycles. The minimum atomic E-state index is -0.424. The predicted octanol–water partition coefficient (Wildman–Crippen LogP) is 1.92. The summed E-state index contributed by atoms with van der Waals surface area (Å²) in [4.78, 5) is 12.2. The van der Waals surface area contributed by atoms with E-state index in [1.54, 1.807) is 7.11 Å². The third-order valence-corrected chi connectivity index (χ3v) is 3.59. The second-order valence-electron chi connectivity index (χ2n) is 5.24. The molecule has 0 bridgehead atoms. The molecule has 116 valence electrons. The number of benzene rings is 1. The lowest BCUT2D eigenvalue weighted by molar-refractivity contribution is -0.119. The van der Waals surface area contributed by atoms with Crippen molar-refractivity contribution in [3.8, 4) is 5.75 Å². The van der Waals surface area contributed by atoms with Crippen LogP contribution in [-0.4, -0.2) is 32.3 Å². The molecule has 5 nitrogen and oxygen atoms in total. The number of halogens is 1. The summed E-state index contributed by atoms with van der Waals surface area (Å²) in [7, 11) is 1.57. The molecule has 0 saturated heterocycles. The number of nitrogens with two attached hydrogens (primary N) is 1. The molecule has 2 rings (SSSR count). The molecule has 6 heteroatoms. The summed E-state index contributed by atoms with van der Waals surface area (Å²) in [6.45, 7) is 0.752. The normalized spacial score (nSPS) is 21.3. The molecule has 0 radical (unpaired) electrons. The number of carbonyl (C=O) groups is 1. The molecule has 1 aromatic carbocycles. The van der Waals surface area contributed by atoms with Gasteiger partial charge < -0.3 is 20.5 Å². The molecule has 21 heavy (non-hydrogen) atoms. The monoisotopic (exact) mass is 296 g/mol. The van der Waals surface area contributed by atoms with E-state index >= 15 is 0 Å². The summed E-state index contributed by atoms with van der Waals surface area (Å²) >= 11 is 0. The molecule has 1 aliphatic rings. The number of anilines is 1. The van der Waals surface area contributed by atoms with Crippen molar-refractivity contribution in [2.45, 2.75) is 25.3 Å². The Bertz CT molecular complexity index is 496. The van der Waals surface area contributed by atoms with E-state index in [-0.39, 0.29) is 17.9 Å². The van der Waals surface area contributed by atoms with Crippen LogP contribution < -0.4 is 15.8 Å². The summed E-state index contributed by atoms with van der Waals surface area (Å²) in [5.74, 6) is -0.239. The van der Waals surface area contributed by atoms with Gasteiger partial charge in [-0.3, -0.25) is 4.79 Å². The van der Waals surface area contributed by atoms with Gasteiger partial charge in [0.05, 0.1) is 12.3 Å². The summed E-state index contributed by atoms with van der Waals surface area (Å²) in [6, 6.07) is 4.13. The van der Waals surface area contributed by atoms with Crippen LogP contribution >= 0.6 is 0 Å². The maximum atomic E-state index is 13.4. The Hall–Kier alpha value is -1.66. The first-order valence-electron chi connectivity index (χ1n) is 7.08. The minimum Gasteiger partial charge on any atom is -0.489 e. The van der Waals surface area contributed by atoms with Crippen LogP contribution in [0.15, 0.2) is 18.2 Å². The Morgan fingerprint density at radius 1 is 1.43 bits per heavy atom. The Kier molecular flexibility index (Phi) is 5.52. The molecule has 2 unspecified atom stereocenters. The first-order valence-corrected chi connectivity index (χ1v) is 7.08. The van der Waals surface area contributed by atoms with E-state index in [9.17, 15) is 9.18 Å². The van der Waals surface area contributed by atoms with E-state index in [0.717, 1.165) is 12.8 Å². The molecule has 1 amide bonds. The van der Waals surface area contributed by atoms with Crippen LogP contribution in [0.25, 0.3) is 0 Å². The Morgan fingerprint density at radius 3 is 2.90 bits per heavy atom. The SMILES string of the molecule is COCCOc1ccc(F)cc1NC(=O)C1CCC(N)C1. The van der Waals surface area contributed by atoms with Crippen LogP contribution in [0.4, 0.5) is 10.1 Å². The highest BCUT2D eigenvalue weighted by Gasteiger charge is 2.28. The molecule has 1 aromatic rings. The first-order chi connectivity index (χ1) is 10.1. The van der Waals surface area contributed by atoms with E-state index in [2.05, 4.69) is 5.32 Å². The lowest BCUT2D eigenvalue weighted by Gasteiger charge is -2.15. The van der Waals surface area contributed by atoms with Crippen molar-refractivity contribution >= 4 is 11.6 Å². The molecule has 0 spiro atoms. The Morgan fingerprint density at radius 2 is 2.24 bits per heavy atom. The molecule has 0 heterocycles. The van der Waals surface area contributed by atoms with Gasteiger partial charge in [0.15, 0.2) is 0 Å². The Balaban J connectivity index is 2.03. The Labute approximate surface area is 123 Å². The maximum Gasteiger partial charge on any atom is 0.227 e. The fraction of sp³-hybridized carbons (Fsp3) is 0.533. The number of methoxy groups -OCH3 is 1. The number of nitrogens with one attached hydrogen (secondary N) is 1. The second-order valence-corrected chi connectivity index (χ2v) is 5.24. The van der Waals surface area contributed by atoms with Crippen molar-refractivity contribution in [3.63, 3.8) is 0 Å². The molecule has 1 saturated carbocycles. The average Bonchev–Trinajstić information content (AvgIpc) is 2.88. The summed E-state index contributed by atoms with van der Waals surface area (Å²) < 4.78 is 23.8. The van der Waals surface area contributed by atoms with Crippen molar-refractivity contribution in [2.75, 3.05) is 25.6 Å². The van der Waals surface area contributed by atoms with Gasteiger partial charge in [-0.05, 0) is 31.4 Å². The van der Waals surface area contributed by atoms with Gasteiger partial charge in [-0.1, -0.05) is 0 Å². The highest BCUT2D eigenvalue weighted by atomic mass is 19.1. The predicted molar refractivity (Wildman–Crippen MR) is 77.7 cm³/mol. The van der Waals surface area contributed by atoms with E-state index in [0.29, 0.717) is 31.1 Å². The minimum absolute atomic E-state index is 0.0747. The largest absolute Gasteiger partial charge is 0.489 e. The van der Waals surface area contributed by atoms with Gasteiger partial charge in [-0.15, -0.1) is 0 Å². The third kappa shape index (κ3) is 4.41. The van der Waals surface area contributed by atoms with E-state index in [4.69, 9.17) is 15.2 Å². The molecular weight excluding hydrogens is 275 g/mol. The number of carbonyl (C=O) groups excluding carboxylic acids is 1. The van der Waals surface area contributed by atoms with Crippen molar-refractivity contribution in [3.05, 3.63) is 24.0 Å². The number of hydrogen-bond donors (Lipinski definition) is 2. The summed E-state index contributed by atoms with van der Waals surface area (Å²) in [5.41, 5.74) is 6.16. The van der Waals surface area contributed by atoms with Crippen LogP contribution in [0.3, 0.4) is 0 Å². The van der Waals surface area contributed by atoms with Crippen LogP contribution in [-0.2, 0) is 9.53 Å². The van der Waals surface area contributed by atoms with Crippen molar-refractivity contribution in [1.29, 1.82) is 0 Å². The highest BCUT2D eigenvalue weighted by Crippen LogP contribution is 2.29. The summed E-state index contributed by atoms with van der Waals surface area (Å²) in [6.07, 6.45) is 2.28. The highest BCUT2D eigenvalue weighted by molar-refractivity contribution is 5.94. The fourth-order valence-corrected chi connectivity index (χ4v) is 2.45. The van der Waals surface area contributed by atoms with Crippen molar-refractivity contribution < 1.29 is 18.7 Å². The standard InChI is InChI=1S/C15H21FN2O3/c1-20-6-7-21-14-5-3-11(16)9-13(14)18-15(19)10-2-4-12(17)8-10/h3,5,9-10,12H,2,4,6-8,17H2,1H3,(H,18,19). The zero-order valence-electron chi connectivity index (χ0n) is 12.1. The molecule has 0 aliphatic heterocycles. The zero-order chi connectivity index (χ0) is 15.2. The molecule has 1 fully saturated rings. The smallest absolute Gasteiger partial charge is 0.227 e. The van der Waals surface area contributed by atoms with E-state index in [1.807, 2.05) is 0 Å². The van der Waals surface area contributed by atoms with Crippen LogP contribution in [0.2, 0.25) is 0 Å². The second kappa shape index (κ2) is 7.38.